The van der Waals surface area contributed by atoms with Crippen molar-refractivity contribution < 1.29 is 22.7 Å². The third kappa shape index (κ3) is 4.79. The predicted octanol–water partition coefficient (Wildman–Crippen LogP) is 3.37. The molecular weight excluding hydrogens is 430 g/mol. The van der Waals surface area contributed by atoms with Crippen molar-refractivity contribution in [2.24, 2.45) is 0 Å². The Kier molecular flexibility index (Phi) is 6.20. The number of hydrogen-bond acceptors (Lipinski definition) is 5. The smallest absolute Gasteiger partial charge is 0.414 e. The van der Waals surface area contributed by atoms with Crippen molar-refractivity contribution in [2.75, 3.05) is 23.4 Å². The van der Waals surface area contributed by atoms with E-state index in [4.69, 9.17) is 4.74 Å². The largest absolute Gasteiger partial charge is 0.447 e. The predicted molar refractivity (Wildman–Crippen MR) is 120 cm³/mol. The molecule has 2 amide bonds. The lowest BCUT2D eigenvalue weighted by molar-refractivity contribution is 0.102. The van der Waals surface area contributed by atoms with E-state index in [1.807, 2.05) is 30.3 Å². The molecule has 1 aliphatic rings. The van der Waals surface area contributed by atoms with E-state index >= 15 is 0 Å². The first-order valence-electron chi connectivity index (χ1n) is 9.92. The van der Waals surface area contributed by atoms with E-state index in [1.54, 1.807) is 24.3 Å². The normalized spacial score (nSPS) is 13.6. The van der Waals surface area contributed by atoms with E-state index in [2.05, 4.69) is 10.0 Å². The number of rotatable bonds is 7. The molecule has 0 spiro atoms. The molecule has 0 aromatic heterocycles. The van der Waals surface area contributed by atoms with Crippen molar-refractivity contribution in [1.29, 1.82) is 0 Å². The third-order valence-electron chi connectivity index (χ3n) is 4.92. The van der Waals surface area contributed by atoms with Crippen LogP contribution >= 0.6 is 0 Å². The maximum absolute atomic E-state index is 12.9. The summed E-state index contributed by atoms with van der Waals surface area (Å²) >= 11 is 0. The minimum absolute atomic E-state index is 0.0162. The van der Waals surface area contributed by atoms with Crippen LogP contribution in [0.25, 0.3) is 0 Å². The maximum atomic E-state index is 12.9. The van der Waals surface area contributed by atoms with Crippen LogP contribution in [0.15, 0.2) is 83.8 Å². The van der Waals surface area contributed by atoms with Gasteiger partial charge in [-0.15, -0.1) is 0 Å². The zero-order chi connectivity index (χ0) is 22.6. The number of nitrogens with one attached hydrogen (secondary N) is 2. The van der Waals surface area contributed by atoms with Crippen molar-refractivity contribution >= 4 is 33.4 Å². The number of ether oxygens (including phenoxy) is 1. The van der Waals surface area contributed by atoms with Gasteiger partial charge in [-0.3, -0.25) is 9.69 Å². The van der Waals surface area contributed by atoms with Gasteiger partial charge in [-0.2, -0.15) is 0 Å². The van der Waals surface area contributed by atoms with Crippen molar-refractivity contribution in [3.63, 3.8) is 0 Å². The van der Waals surface area contributed by atoms with Gasteiger partial charge in [-0.25, -0.2) is 17.9 Å². The summed E-state index contributed by atoms with van der Waals surface area (Å²) < 4.78 is 32.9. The molecule has 9 heteroatoms. The molecule has 0 unspecified atom stereocenters. The lowest BCUT2D eigenvalue weighted by Crippen LogP contribution is -2.25. The number of carbonyl (C=O) groups excluding carboxylic acids is 2. The average Bonchev–Trinajstić information content (AvgIpc) is 3.24. The van der Waals surface area contributed by atoms with E-state index in [9.17, 15) is 18.0 Å². The Balaban J connectivity index is 1.51. The number of amides is 2. The van der Waals surface area contributed by atoms with Gasteiger partial charge in [-0.1, -0.05) is 48.5 Å². The molecule has 0 bridgehead atoms. The second-order valence-corrected chi connectivity index (χ2v) is 8.84. The van der Waals surface area contributed by atoms with E-state index in [-0.39, 0.29) is 23.6 Å². The Morgan fingerprint density at radius 3 is 2.47 bits per heavy atom. The number of benzene rings is 3. The topological polar surface area (TPSA) is 105 Å². The fourth-order valence-corrected chi connectivity index (χ4v) is 4.35. The number of para-hydroxylation sites is 2. The molecule has 32 heavy (non-hydrogen) atoms. The lowest BCUT2D eigenvalue weighted by atomic mass is 10.2. The number of hydrogen-bond donors (Lipinski definition) is 2. The van der Waals surface area contributed by atoms with Crippen molar-refractivity contribution in [3.8, 4) is 0 Å². The molecule has 0 radical (unpaired) electrons. The molecule has 3 aromatic carbocycles. The first kappa shape index (κ1) is 21.5. The third-order valence-corrected chi connectivity index (χ3v) is 6.32. The first-order valence-corrected chi connectivity index (χ1v) is 11.4. The number of sulfonamides is 1. The summed E-state index contributed by atoms with van der Waals surface area (Å²) in [5.74, 6) is -0.495. The van der Waals surface area contributed by atoms with E-state index in [0.717, 1.165) is 5.56 Å². The van der Waals surface area contributed by atoms with E-state index in [0.29, 0.717) is 17.9 Å². The van der Waals surface area contributed by atoms with Gasteiger partial charge in [0, 0.05) is 12.1 Å². The van der Waals surface area contributed by atoms with Gasteiger partial charge < -0.3 is 10.1 Å². The summed E-state index contributed by atoms with van der Waals surface area (Å²) in [5, 5.41) is 2.76. The zero-order valence-corrected chi connectivity index (χ0v) is 17.8. The molecule has 8 nitrogen and oxygen atoms in total. The monoisotopic (exact) mass is 451 g/mol. The number of nitrogens with zero attached hydrogens (tertiary/aromatic N) is 1. The molecule has 3 aromatic rings. The van der Waals surface area contributed by atoms with Gasteiger partial charge in [0.25, 0.3) is 5.91 Å². The molecule has 4 rings (SSSR count). The highest BCUT2D eigenvalue weighted by Gasteiger charge is 2.26. The fraction of sp³-hybridized carbons (Fsp3) is 0.130. The van der Waals surface area contributed by atoms with Crippen molar-refractivity contribution in [1.82, 2.24) is 4.72 Å². The molecular formula is C23H21N3O5S. The van der Waals surface area contributed by atoms with E-state index in [1.165, 1.54) is 29.2 Å². The zero-order valence-electron chi connectivity index (χ0n) is 17.0. The van der Waals surface area contributed by atoms with Crippen LogP contribution < -0.4 is 14.9 Å². The lowest BCUT2D eigenvalue weighted by Gasteiger charge is -2.17. The first-order chi connectivity index (χ1) is 15.4. The van der Waals surface area contributed by atoms with Gasteiger partial charge >= 0.3 is 6.09 Å². The molecule has 0 saturated carbocycles. The second kappa shape index (κ2) is 9.21. The summed E-state index contributed by atoms with van der Waals surface area (Å²) in [4.78, 5) is 26.2. The minimum Gasteiger partial charge on any atom is -0.447 e. The summed E-state index contributed by atoms with van der Waals surface area (Å²) in [6.45, 7) is 0.794. The van der Waals surface area contributed by atoms with Gasteiger partial charge in [0.15, 0.2) is 0 Å². The average molecular weight is 452 g/mol. The molecule has 164 valence electrons. The number of carbonyl (C=O) groups is 2. The highest BCUT2D eigenvalue weighted by atomic mass is 32.2. The molecule has 1 heterocycles. The molecule has 1 saturated heterocycles. The van der Waals surface area contributed by atoms with Gasteiger partial charge in [0.1, 0.15) is 6.61 Å². The van der Waals surface area contributed by atoms with Gasteiger partial charge in [-0.05, 0) is 35.9 Å². The van der Waals surface area contributed by atoms with Crippen molar-refractivity contribution in [3.05, 3.63) is 90.0 Å². The van der Waals surface area contributed by atoms with Crippen LogP contribution in [-0.2, 0) is 21.3 Å². The number of anilines is 2. The van der Waals surface area contributed by atoms with Gasteiger partial charge in [0.2, 0.25) is 10.0 Å². The summed E-state index contributed by atoms with van der Waals surface area (Å²) in [5.41, 5.74) is 1.93. The highest BCUT2D eigenvalue weighted by molar-refractivity contribution is 7.89. The van der Waals surface area contributed by atoms with Crippen LogP contribution in [0.4, 0.5) is 16.2 Å². The standard InChI is InChI=1S/C23H21N3O5S/c27-22(25-20-11-4-5-12-21(20)26-13-14-31-23(26)28)18-9-6-10-19(15-18)32(29,30)24-16-17-7-2-1-3-8-17/h1-12,15,24H,13-14,16H2,(H,25,27). The van der Waals surface area contributed by atoms with Gasteiger partial charge in [0.05, 0.1) is 22.8 Å². The van der Waals surface area contributed by atoms with Crippen LogP contribution in [-0.4, -0.2) is 33.6 Å². The van der Waals surface area contributed by atoms with Crippen LogP contribution in [0.3, 0.4) is 0 Å². The minimum atomic E-state index is -3.82. The summed E-state index contributed by atoms with van der Waals surface area (Å²) in [6, 6.07) is 21.8. The Morgan fingerprint density at radius 1 is 0.969 bits per heavy atom. The fourth-order valence-electron chi connectivity index (χ4n) is 3.28. The van der Waals surface area contributed by atoms with Crippen LogP contribution in [0.5, 0.6) is 0 Å². The molecule has 0 aliphatic carbocycles. The molecule has 1 aliphatic heterocycles. The summed E-state index contributed by atoms with van der Waals surface area (Å²) in [7, 11) is -3.82. The van der Waals surface area contributed by atoms with Crippen LogP contribution in [0, 0.1) is 0 Å². The highest BCUT2D eigenvalue weighted by Crippen LogP contribution is 2.28. The number of cyclic esters (lactones) is 1. The van der Waals surface area contributed by atoms with Crippen LogP contribution in [0.2, 0.25) is 0 Å². The molecule has 0 atom stereocenters. The van der Waals surface area contributed by atoms with Crippen molar-refractivity contribution in [2.45, 2.75) is 11.4 Å². The Labute approximate surface area is 185 Å². The van der Waals surface area contributed by atoms with Crippen LogP contribution in [0.1, 0.15) is 15.9 Å². The Morgan fingerprint density at radius 2 is 1.72 bits per heavy atom. The summed E-state index contributed by atoms with van der Waals surface area (Å²) in [6.07, 6.45) is -0.482. The maximum Gasteiger partial charge on any atom is 0.414 e. The second-order valence-electron chi connectivity index (χ2n) is 7.08. The Bertz CT molecular complexity index is 1250. The quantitative estimate of drug-likeness (QED) is 0.573. The Hall–Kier alpha value is -3.69. The van der Waals surface area contributed by atoms with E-state index < -0.39 is 22.0 Å². The SMILES string of the molecule is O=C(Nc1ccccc1N1CCOC1=O)c1cccc(S(=O)(=O)NCc2ccccc2)c1. The molecule has 1 fully saturated rings. The molecule has 2 N–H and O–H groups in total.